The zero-order chi connectivity index (χ0) is 24.4. The van der Waals surface area contributed by atoms with Crippen LogP contribution in [0.1, 0.15) is 55.5 Å². The largest absolute Gasteiger partial charge is 0.490 e. The first-order chi connectivity index (χ1) is 16.2. The molecule has 8 heteroatoms. The SMILES string of the molecule is CC(C)Oc1cc2c(OC[C@@H]3CCC(=O)N3)ncc(C#CC3CC(N(C)C)C3)c2cc1C(N)=O. The van der Waals surface area contributed by atoms with Crippen molar-refractivity contribution in [3.05, 3.63) is 29.5 Å². The van der Waals surface area contributed by atoms with Crippen LogP contribution in [-0.2, 0) is 4.79 Å². The number of amides is 2. The van der Waals surface area contributed by atoms with Gasteiger partial charge in [0.05, 0.1) is 23.3 Å². The number of carbonyl (C=O) groups excluding carboxylic acids is 2. The first-order valence-electron chi connectivity index (χ1n) is 11.7. The Bertz CT molecular complexity index is 1160. The van der Waals surface area contributed by atoms with E-state index in [1.807, 2.05) is 13.8 Å². The lowest BCUT2D eigenvalue weighted by molar-refractivity contribution is -0.119. The predicted molar refractivity (Wildman–Crippen MR) is 130 cm³/mol. The second kappa shape index (κ2) is 9.90. The number of nitrogens with zero attached hydrogens (tertiary/aromatic N) is 2. The summed E-state index contributed by atoms with van der Waals surface area (Å²) in [7, 11) is 4.17. The third-order valence-corrected chi connectivity index (χ3v) is 6.34. The fraction of sp³-hybridized carbons (Fsp3) is 0.500. The van der Waals surface area contributed by atoms with E-state index in [1.54, 1.807) is 18.3 Å². The van der Waals surface area contributed by atoms with Crippen molar-refractivity contribution in [1.82, 2.24) is 15.2 Å². The zero-order valence-corrected chi connectivity index (χ0v) is 20.2. The van der Waals surface area contributed by atoms with Crippen LogP contribution in [0.3, 0.4) is 0 Å². The van der Waals surface area contributed by atoms with E-state index in [0.717, 1.165) is 24.6 Å². The van der Waals surface area contributed by atoms with Crippen molar-refractivity contribution in [2.75, 3.05) is 20.7 Å². The molecule has 4 rings (SSSR count). The van der Waals surface area contributed by atoms with Crippen molar-refractivity contribution in [2.45, 2.75) is 57.7 Å². The number of benzene rings is 1. The Morgan fingerprint density at radius 3 is 2.68 bits per heavy atom. The maximum absolute atomic E-state index is 12.2. The van der Waals surface area contributed by atoms with Crippen LogP contribution in [0, 0.1) is 17.8 Å². The molecule has 2 fully saturated rings. The lowest BCUT2D eigenvalue weighted by atomic mass is 9.80. The number of nitrogens with one attached hydrogen (secondary N) is 1. The molecular weight excluding hydrogens is 432 g/mol. The highest BCUT2D eigenvalue weighted by Crippen LogP contribution is 2.34. The summed E-state index contributed by atoms with van der Waals surface area (Å²) in [4.78, 5) is 30.5. The molecule has 2 amide bonds. The lowest BCUT2D eigenvalue weighted by Gasteiger charge is -2.36. The van der Waals surface area contributed by atoms with E-state index in [2.05, 4.69) is 41.1 Å². The molecule has 1 aromatic carbocycles. The van der Waals surface area contributed by atoms with Gasteiger partial charge in [0.25, 0.3) is 5.91 Å². The second-order valence-corrected chi connectivity index (χ2v) is 9.57. The normalized spacial score (nSPS) is 21.7. The van der Waals surface area contributed by atoms with Crippen molar-refractivity contribution < 1.29 is 19.1 Å². The minimum atomic E-state index is -0.572. The van der Waals surface area contributed by atoms with E-state index in [1.165, 1.54) is 0 Å². The summed E-state index contributed by atoms with van der Waals surface area (Å²) in [5.41, 5.74) is 6.68. The molecule has 0 radical (unpaired) electrons. The van der Waals surface area contributed by atoms with Gasteiger partial charge in [-0.25, -0.2) is 4.98 Å². The molecule has 2 heterocycles. The van der Waals surface area contributed by atoms with E-state index in [9.17, 15) is 9.59 Å². The highest BCUT2D eigenvalue weighted by atomic mass is 16.5. The molecule has 1 aliphatic heterocycles. The average Bonchev–Trinajstić information content (AvgIpc) is 3.15. The van der Waals surface area contributed by atoms with Gasteiger partial charge in [-0.2, -0.15) is 0 Å². The topological polar surface area (TPSA) is 107 Å². The summed E-state index contributed by atoms with van der Waals surface area (Å²) in [6.07, 6.45) is 4.84. The number of carbonyl (C=O) groups is 2. The van der Waals surface area contributed by atoms with Crippen LogP contribution in [0.2, 0.25) is 0 Å². The van der Waals surface area contributed by atoms with Gasteiger partial charge < -0.3 is 25.4 Å². The van der Waals surface area contributed by atoms with E-state index >= 15 is 0 Å². The predicted octanol–water partition coefficient (Wildman–Crippen LogP) is 2.47. The molecular formula is C26H32N4O4. The minimum absolute atomic E-state index is 0.0308. The zero-order valence-electron chi connectivity index (χ0n) is 20.2. The first kappa shape index (κ1) is 23.8. The van der Waals surface area contributed by atoms with Crippen molar-refractivity contribution in [3.8, 4) is 23.5 Å². The summed E-state index contributed by atoms with van der Waals surface area (Å²) in [6.45, 7) is 4.08. The van der Waals surface area contributed by atoms with Gasteiger partial charge in [-0.3, -0.25) is 9.59 Å². The molecule has 1 atom stereocenters. The van der Waals surface area contributed by atoms with Gasteiger partial charge >= 0.3 is 0 Å². The number of hydrogen-bond donors (Lipinski definition) is 2. The molecule has 34 heavy (non-hydrogen) atoms. The van der Waals surface area contributed by atoms with Gasteiger partial charge in [-0.15, -0.1) is 0 Å². The number of primary amides is 1. The van der Waals surface area contributed by atoms with Gasteiger partial charge in [0.2, 0.25) is 11.8 Å². The fourth-order valence-electron chi connectivity index (χ4n) is 4.29. The van der Waals surface area contributed by atoms with Gasteiger partial charge in [0.15, 0.2) is 0 Å². The molecule has 1 aromatic heterocycles. The van der Waals surface area contributed by atoms with Crippen molar-refractivity contribution in [3.63, 3.8) is 0 Å². The number of aromatic nitrogens is 1. The van der Waals surface area contributed by atoms with Gasteiger partial charge in [-0.1, -0.05) is 11.8 Å². The van der Waals surface area contributed by atoms with Crippen molar-refractivity contribution in [2.24, 2.45) is 11.7 Å². The van der Waals surface area contributed by atoms with Gasteiger partial charge in [0.1, 0.15) is 12.4 Å². The van der Waals surface area contributed by atoms with Crippen LogP contribution in [0.25, 0.3) is 10.8 Å². The highest BCUT2D eigenvalue weighted by Gasteiger charge is 2.29. The van der Waals surface area contributed by atoms with Crippen molar-refractivity contribution in [1.29, 1.82) is 0 Å². The van der Waals surface area contributed by atoms with E-state index in [4.69, 9.17) is 15.2 Å². The molecule has 1 aliphatic carbocycles. The van der Waals surface area contributed by atoms with Crippen molar-refractivity contribution >= 4 is 22.6 Å². The lowest BCUT2D eigenvalue weighted by Crippen LogP contribution is -2.39. The summed E-state index contributed by atoms with van der Waals surface area (Å²) in [6, 6.07) is 3.98. The number of ether oxygens (including phenoxy) is 2. The molecule has 0 unspecified atom stereocenters. The monoisotopic (exact) mass is 464 g/mol. The Morgan fingerprint density at radius 1 is 1.29 bits per heavy atom. The maximum Gasteiger partial charge on any atom is 0.252 e. The number of nitrogens with two attached hydrogens (primary N) is 1. The Hall–Kier alpha value is -3.31. The first-order valence-corrected chi connectivity index (χ1v) is 11.7. The van der Waals surface area contributed by atoms with Gasteiger partial charge in [-0.05, 0) is 59.3 Å². The minimum Gasteiger partial charge on any atom is -0.490 e. The van der Waals surface area contributed by atoms with Crippen LogP contribution in [0.15, 0.2) is 18.3 Å². The summed E-state index contributed by atoms with van der Waals surface area (Å²) < 4.78 is 11.9. The third kappa shape index (κ3) is 5.26. The molecule has 180 valence electrons. The Kier molecular flexibility index (Phi) is 6.94. The molecule has 3 N–H and O–H groups in total. The van der Waals surface area contributed by atoms with E-state index < -0.39 is 5.91 Å². The van der Waals surface area contributed by atoms with E-state index in [0.29, 0.717) is 53.1 Å². The molecule has 8 nitrogen and oxygen atoms in total. The third-order valence-electron chi connectivity index (χ3n) is 6.34. The van der Waals surface area contributed by atoms with Crippen LogP contribution < -0.4 is 20.5 Å². The van der Waals surface area contributed by atoms with Crippen LogP contribution >= 0.6 is 0 Å². The standard InChI is InChI=1S/C26H32N4O4/c1-15(2)34-23-12-21-20(11-22(23)25(27)32)17(6-5-16-9-19(10-16)30(3)4)13-28-26(21)33-14-18-7-8-24(31)29-18/h11-13,15-16,18-19H,7-10,14H2,1-4H3,(H2,27,32)(H,29,31)/t16?,18-,19?/m0/s1. The molecule has 0 spiro atoms. The Balaban J connectivity index is 1.70. The quantitative estimate of drug-likeness (QED) is 0.610. The number of hydrogen-bond acceptors (Lipinski definition) is 6. The highest BCUT2D eigenvalue weighted by molar-refractivity contribution is 6.03. The molecule has 2 aliphatic rings. The molecule has 2 aromatic rings. The molecule has 1 saturated heterocycles. The molecule has 1 saturated carbocycles. The van der Waals surface area contributed by atoms with E-state index in [-0.39, 0.29) is 18.1 Å². The number of pyridine rings is 1. The Morgan fingerprint density at radius 2 is 2.06 bits per heavy atom. The van der Waals surface area contributed by atoms with Crippen LogP contribution in [0.4, 0.5) is 0 Å². The maximum atomic E-state index is 12.2. The Labute approximate surface area is 200 Å². The summed E-state index contributed by atoms with van der Waals surface area (Å²) in [5.74, 6) is 7.21. The average molecular weight is 465 g/mol. The summed E-state index contributed by atoms with van der Waals surface area (Å²) in [5, 5.41) is 4.33. The summed E-state index contributed by atoms with van der Waals surface area (Å²) >= 11 is 0. The second-order valence-electron chi connectivity index (χ2n) is 9.57. The van der Waals surface area contributed by atoms with Crippen LogP contribution in [-0.4, -0.2) is 60.6 Å². The fourth-order valence-corrected chi connectivity index (χ4v) is 4.29. The number of rotatable bonds is 7. The smallest absolute Gasteiger partial charge is 0.252 e. The molecule has 0 bridgehead atoms. The number of fused-ring (bicyclic) bond motifs is 1. The van der Waals surface area contributed by atoms with Crippen LogP contribution in [0.5, 0.6) is 11.6 Å². The van der Waals surface area contributed by atoms with Gasteiger partial charge in [0, 0.05) is 35.3 Å².